The van der Waals surface area contributed by atoms with E-state index >= 15 is 0 Å². The van der Waals surface area contributed by atoms with Crippen LogP contribution < -0.4 is 15.1 Å². The number of non-ortho nitro benzene ring substituents is 1. The van der Waals surface area contributed by atoms with Gasteiger partial charge in [-0.25, -0.2) is 4.98 Å². The number of hydrogen-bond acceptors (Lipinski definition) is 7. The van der Waals surface area contributed by atoms with E-state index in [2.05, 4.69) is 20.1 Å². The van der Waals surface area contributed by atoms with Crippen LogP contribution in [0.4, 0.5) is 17.2 Å². The highest BCUT2D eigenvalue weighted by Crippen LogP contribution is 2.38. The van der Waals surface area contributed by atoms with E-state index in [0.717, 1.165) is 36.6 Å². The number of methoxy groups -OCH3 is 1. The van der Waals surface area contributed by atoms with E-state index in [-0.39, 0.29) is 28.5 Å². The maximum Gasteiger partial charge on any atom is 0.269 e. The SMILES string of the molecule is COCCCNC(=O)[C@@H]1Cc2cc([N+](=O)[O-])ccc2N2CCN(c3ccccn3)C[C@H]12. The predicted octanol–water partition coefficient (Wildman–Crippen LogP) is 2.01. The highest BCUT2D eigenvalue weighted by atomic mass is 16.6. The van der Waals surface area contributed by atoms with E-state index in [4.69, 9.17) is 4.74 Å². The fourth-order valence-electron chi connectivity index (χ4n) is 4.53. The second-order valence-electron chi connectivity index (χ2n) is 7.91. The van der Waals surface area contributed by atoms with Crippen molar-refractivity contribution in [2.75, 3.05) is 49.7 Å². The van der Waals surface area contributed by atoms with Gasteiger partial charge in [-0.15, -0.1) is 0 Å². The number of ether oxygens (including phenoxy) is 1. The molecule has 9 nitrogen and oxygen atoms in total. The quantitative estimate of drug-likeness (QED) is 0.411. The Bertz CT molecular complexity index is 939. The van der Waals surface area contributed by atoms with Gasteiger partial charge in [-0.2, -0.15) is 0 Å². The molecule has 2 atom stereocenters. The van der Waals surface area contributed by atoms with E-state index in [1.807, 2.05) is 24.3 Å². The molecule has 1 fully saturated rings. The topological polar surface area (TPSA) is 101 Å². The first-order chi connectivity index (χ1) is 15.1. The number of fused-ring (bicyclic) bond motifs is 3. The lowest BCUT2D eigenvalue weighted by molar-refractivity contribution is -0.384. The Balaban J connectivity index is 1.60. The minimum absolute atomic E-state index is 0.0221. The molecule has 31 heavy (non-hydrogen) atoms. The largest absolute Gasteiger partial charge is 0.385 e. The first-order valence-electron chi connectivity index (χ1n) is 10.5. The van der Waals surface area contributed by atoms with E-state index in [0.29, 0.717) is 26.1 Å². The Labute approximate surface area is 181 Å². The molecule has 0 unspecified atom stereocenters. The molecule has 0 bridgehead atoms. The average molecular weight is 425 g/mol. The van der Waals surface area contributed by atoms with Gasteiger partial charge in [0.05, 0.1) is 16.9 Å². The number of nitro benzene ring substituents is 1. The Morgan fingerprint density at radius 3 is 2.94 bits per heavy atom. The van der Waals surface area contributed by atoms with Crippen molar-refractivity contribution in [2.45, 2.75) is 18.9 Å². The van der Waals surface area contributed by atoms with Gasteiger partial charge in [-0.05, 0) is 36.6 Å². The summed E-state index contributed by atoms with van der Waals surface area (Å²) in [7, 11) is 1.64. The van der Waals surface area contributed by atoms with Gasteiger partial charge in [-0.3, -0.25) is 14.9 Å². The maximum absolute atomic E-state index is 13.1. The summed E-state index contributed by atoms with van der Waals surface area (Å²) in [6.07, 6.45) is 2.99. The molecule has 2 aliphatic heterocycles. The Morgan fingerprint density at radius 1 is 1.32 bits per heavy atom. The number of carbonyl (C=O) groups excluding carboxylic acids is 1. The summed E-state index contributed by atoms with van der Waals surface area (Å²) in [6, 6.07) is 10.8. The summed E-state index contributed by atoms with van der Waals surface area (Å²) in [5.74, 6) is 0.575. The van der Waals surface area contributed by atoms with Crippen molar-refractivity contribution in [3.8, 4) is 0 Å². The first kappa shape index (κ1) is 21.0. The van der Waals surface area contributed by atoms with E-state index < -0.39 is 0 Å². The molecule has 1 aromatic carbocycles. The Kier molecular flexibility index (Phi) is 6.31. The number of carbonyl (C=O) groups is 1. The molecule has 0 radical (unpaired) electrons. The standard InChI is InChI=1S/C22H27N5O4/c1-31-12-4-9-24-22(28)18-14-16-13-17(27(29)30)6-7-19(16)26-11-10-25(15-20(18)26)21-5-2-3-8-23-21/h2-3,5-8,13,18,20H,4,9-12,14-15H2,1H3,(H,24,28)/t18-,20-/m1/s1. The molecular formula is C22H27N5O4. The minimum atomic E-state index is -0.384. The first-order valence-corrected chi connectivity index (χ1v) is 10.5. The highest BCUT2D eigenvalue weighted by molar-refractivity contribution is 5.82. The lowest BCUT2D eigenvalue weighted by Gasteiger charge is -2.49. The lowest BCUT2D eigenvalue weighted by atomic mass is 9.83. The zero-order valence-corrected chi connectivity index (χ0v) is 17.6. The van der Waals surface area contributed by atoms with Crippen molar-refractivity contribution in [3.63, 3.8) is 0 Å². The predicted molar refractivity (Wildman–Crippen MR) is 117 cm³/mol. The highest BCUT2D eigenvalue weighted by Gasteiger charge is 2.42. The van der Waals surface area contributed by atoms with Crippen molar-refractivity contribution < 1.29 is 14.5 Å². The molecule has 0 aliphatic carbocycles. The van der Waals surface area contributed by atoms with Crippen LogP contribution in [0.2, 0.25) is 0 Å². The number of anilines is 2. The van der Waals surface area contributed by atoms with Crippen molar-refractivity contribution in [1.29, 1.82) is 0 Å². The molecule has 2 aliphatic rings. The van der Waals surface area contributed by atoms with Gasteiger partial charge in [0.25, 0.3) is 5.69 Å². The number of hydrogen-bond donors (Lipinski definition) is 1. The lowest BCUT2D eigenvalue weighted by Crippen LogP contribution is -2.61. The summed E-state index contributed by atoms with van der Waals surface area (Å²) in [6.45, 7) is 3.29. The zero-order chi connectivity index (χ0) is 21.8. The third-order valence-electron chi connectivity index (χ3n) is 6.04. The number of nitrogens with one attached hydrogen (secondary N) is 1. The molecule has 2 aromatic rings. The van der Waals surface area contributed by atoms with Crippen molar-refractivity contribution in [3.05, 3.63) is 58.3 Å². The molecule has 3 heterocycles. The monoisotopic (exact) mass is 425 g/mol. The summed E-state index contributed by atoms with van der Waals surface area (Å²) in [5.41, 5.74) is 1.90. The van der Waals surface area contributed by atoms with Crippen LogP contribution in [-0.2, 0) is 16.0 Å². The van der Waals surface area contributed by atoms with Gasteiger partial charge in [0.2, 0.25) is 5.91 Å². The van der Waals surface area contributed by atoms with Gasteiger partial charge >= 0.3 is 0 Å². The summed E-state index contributed by atoms with van der Waals surface area (Å²) >= 11 is 0. The molecule has 1 aromatic heterocycles. The molecule has 1 amide bonds. The third kappa shape index (κ3) is 4.46. The number of aromatic nitrogens is 1. The smallest absolute Gasteiger partial charge is 0.269 e. The number of amides is 1. The second kappa shape index (κ2) is 9.30. The fraction of sp³-hybridized carbons (Fsp3) is 0.455. The van der Waals surface area contributed by atoms with Crippen LogP contribution in [0.3, 0.4) is 0 Å². The molecule has 0 saturated carbocycles. The number of nitrogens with zero attached hydrogens (tertiary/aromatic N) is 4. The number of pyridine rings is 1. The molecule has 1 saturated heterocycles. The Hall–Kier alpha value is -3.20. The van der Waals surface area contributed by atoms with Crippen LogP contribution in [0.15, 0.2) is 42.6 Å². The van der Waals surface area contributed by atoms with Gasteiger partial charge in [0.15, 0.2) is 0 Å². The summed E-state index contributed by atoms with van der Waals surface area (Å²) in [5, 5.41) is 14.3. The van der Waals surface area contributed by atoms with Crippen LogP contribution in [-0.4, -0.2) is 61.8 Å². The normalized spacial score (nSPS) is 20.0. The molecule has 1 N–H and O–H groups in total. The summed E-state index contributed by atoms with van der Waals surface area (Å²) in [4.78, 5) is 33.0. The van der Waals surface area contributed by atoms with E-state index in [1.165, 1.54) is 0 Å². The summed E-state index contributed by atoms with van der Waals surface area (Å²) < 4.78 is 5.06. The average Bonchev–Trinajstić information content (AvgIpc) is 2.81. The molecule has 164 valence electrons. The van der Waals surface area contributed by atoms with Crippen molar-refractivity contribution in [1.82, 2.24) is 10.3 Å². The molecular weight excluding hydrogens is 398 g/mol. The van der Waals surface area contributed by atoms with Crippen LogP contribution in [0.5, 0.6) is 0 Å². The minimum Gasteiger partial charge on any atom is -0.385 e. The fourth-order valence-corrected chi connectivity index (χ4v) is 4.53. The van der Waals surface area contributed by atoms with E-state index in [9.17, 15) is 14.9 Å². The number of nitro groups is 1. The maximum atomic E-state index is 13.1. The van der Waals surface area contributed by atoms with Crippen LogP contribution >= 0.6 is 0 Å². The van der Waals surface area contributed by atoms with Gasteiger partial charge in [0, 0.05) is 63.9 Å². The zero-order valence-electron chi connectivity index (χ0n) is 17.6. The third-order valence-corrected chi connectivity index (χ3v) is 6.04. The molecule has 9 heteroatoms. The number of rotatable bonds is 7. The van der Waals surface area contributed by atoms with Crippen LogP contribution in [0.1, 0.15) is 12.0 Å². The van der Waals surface area contributed by atoms with Crippen LogP contribution in [0.25, 0.3) is 0 Å². The molecule has 0 spiro atoms. The number of benzene rings is 1. The number of piperazine rings is 1. The van der Waals surface area contributed by atoms with Crippen molar-refractivity contribution >= 4 is 23.1 Å². The van der Waals surface area contributed by atoms with Gasteiger partial charge in [0.1, 0.15) is 5.82 Å². The Morgan fingerprint density at radius 2 is 2.19 bits per heavy atom. The van der Waals surface area contributed by atoms with Gasteiger partial charge < -0.3 is 19.9 Å². The molecule has 4 rings (SSSR count). The van der Waals surface area contributed by atoms with Crippen molar-refractivity contribution in [2.24, 2.45) is 5.92 Å². The van der Waals surface area contributed by atoms with Crippen LogP contribution in [0, 0.1) is 16.0 Å². The van der Waals surface area contributed by atoms with E-state index in [1.54, 1.807) is 25.4 Å². The van der Waals surface area contributed by atoms with Gasteiger partial charge in [-0.1, -0.05) is 6.07 Å². The second-order valence-corrected chi connectivity index (χ2v) is 7.91.